The molecule has 3 aliphatic heterocycles. The van der Waals surface area contributed by atoms with Gasteiger partial charge in [-0.25, -0.2) is 9.37 Å². The summed E-state index contributed by atoms with van der Waals surface area (Å²) in [7, 11) is 5.39. The third-order valence-corrected chi connectivity index (χ3v) is 5.33. The molecule has 8 heteroatoms. The molecule has 0 radical (unpaired) electrons. The van der Waals surface area contributed by atoms with Crippen molar-refractivity contribution in [2.45, 2.75) is 25.8 Å². The Morgan fingerprint density at radius 2 is 1.76 bits per heavy atom. The van der Waals surface area contributed by atoms with Crippen molar-refractivity contribution in [3.05, 3.63) is 0 Å². The Morgan fingerprint density at radius 3 is 2.40 bits per heavy atom. The topological polar surface area (TPSA) is 62.5 Å². The van der Waals surface area contributed by atoms with E-state index in [1.54, 1.807) is 14.1 Å². The van der Waals surface area contributed by atoms with E-state index in [1.165, 1.54) is 9.80 Å². The lowest BCUT2D eigenvalue weighted by Crippen LogP contribution is -2.61. The summed E-state index contributed by atoms with van der Waals surface area (Å²) in [6.45, 7) is 7.75. The summed E-state index contributed by atoms with van der Waals surface area (Å²) in [5.41, 5.74) is 0. The number of piperazine rings is 1. The Balaban J connectivity index is 1.86. The molecule has 1 atom stereocenters. The molecule has 3 aliphatic rings. The van der Waals surface area contributed by atoms with Gasteiger partial charge in [0.1, 0.15) is 6.54 Å². The number of amides is 3. The number of fused-ring (bicyclic) bond motifs is 1. The van der Waals surface area contributed by atoms with Crippen molar-refractivity contribution in [3.8, 4) is 0 Å². The van der Waals surface area contributed by atoms with Crippen molar-refractivity contribution < 1.29 is 14.2 Å². The molecule has 2 fully saturated rings. The lowest BCUT2D eigenvalue weighted by atomic mass is 10.1. The van der Waals surface area contributed by atoms with Crippen LogP contribution in [0.15, 0.2) is 4.99 Å². The van der Waals surface area contributed by atoms with Crippen LogP contribution in [0.5, 0.6) is 0 Å². The highest BCUT2D eigenvalue weighted by Gasteiger charge is 2.52. The standard InChI is InChI=1S/C17H29N6O2/c1-5-6-7-23-13(12-22-10-8-19(2)9-11-22)18-15-14(23)16(24)21(4)17(25)20(15)3/h14H,5-12H2,1-4H3/q+1. The third kappa shape index (κ3) is 3.32. The molecular formula is C17H29N6O2+. The number of aliphatic imine (C=N–C) groups is 1. The molecule has 0 aromatic heterocycles. The van der Waals surface area contributed by atoms with Gasteiger partial charge in [-0.15, -0.1) is 0 Å². The smallest absolute Gasteiger partial charge is 0.304 e. The van der Waals surface area contributed by atoms with E-state index in [4.69, 9.17) is 4.99 Å². The van der Waals surface area contributed by atoms with Crippen LogP contribution in [0.3, 0.4) is 0 Å². The van der Waals surface area contributed by atoms with E-state index in [0.717, 1.165) is 57.9 Å². The molecule has 3 amide bonds. The van der Waals surface area contributed by atoms with E-state index in [0.29, 0.717) is 5.84 Å². The molecule has 1 unspecified atom stereocenters. The zero-order chi connectivity index (χ0) is 18.1. The van der Waals surface area contributed by atoms with Gasteiger partial charge in [0.25, 0.3) is 17.8 Å². The van der Waals surface area contributed by atoms with Gasteiger partial charge in [-0.2, -0.15) is 0 Å². The molecule has 3 heterocycles. The van der Waals surface area contributed by atoms with Gasteiger partial charge >= 0.3 is 11.9 Å². The van der Waals surface area contributed by atoms with Gasteiger partial charge in [-0.3, -0.25) is 19.5 Å². The average molecular weight is 349 g/mol. The van der Waals surface area contributed by atoms with Crippen LogP contribution in [-0.4, -0.2) is 114 Å². The van der Waals surface area contributed by atoms with Crippen LogP contribution in [0.1, 0.15) is 19.8 Å². The summed E-state index contributed by atoms with van der Waals surface area (Å²) in [6.07, 6.45) is 2.05. The van der Waals surface area contributed by atoms with Gasteiger partial charge in [0, 0.05) is 40.3 Å². The van der Waals surface area contributed by atoms with Gasteiger partial charge in [0.2, 0.25) is 0 Å². The lowest BCUT2D eigenvalue weighted by molar-refractivity contribution is -0.536. The highest BCUT2D eigenvalue weighted by atomic mass is 16.2. The van der Waals surface area contributed by atoms with E-state index >= 15 is 0 Å². The van der Waals surface area contributed by atoms with Crippen molar-refractivity contribution in [1.29, 1.82) is 0 Å². The van der Waals surface area contributed by atoms with Crippen LogP contribution in [0, 0.1) is 0 Å². The van der Waals surface area contributed by atoms with Crippen LogP contribution in [0.2, 0.25) is 0 Å². The molecule has 0 spiro atoms. The quantitative estimate of drug-likeness (QED) is 0.642. The first-order valence-electron chi connectivity index (χ1n) is 9.11. The molecule has 0 saturated carbocycles. The minimum Gasteiger partial charge on any atom is -0.304 e. The molecule has 2 saturated heterocycles. The molecule has 0 N–H and O–H groups in total. The fraction of sp³-hybridized carbons (Fsp3) is 0.765. The first kappa shape index (κ1) is 18.0. The SMILES string of the molecule is CCCC[N+]1=C(CN2CCN(C)CC2)N=C2C1C(=O)N(C)C(=O)N2C. The van der Waals surface area contributed by atoms with E-state index in [9.17, 15) is 9.59 Å². The predicted octanol–water partition coefficient (Wildman–Crippen LogP) is -0.251. The van der Waals surface area contributed by atoms with Gasteiger partial charge < -0.3 is 4.90 Å². The fourth-order valence-electron chi connectivity index (χ4n) is 3.57. The number of urea groups is 1. The third-order valence-electron chi connectivity index (χ3n) is 5.33. The van der Waals surface area contributed by atoms with Crippen LogP contribution >= 0.6 is 0 Å². The van der Waals surface area contributed by atoms with Gasteiger partial charge in [0.15, 0.2) is 0 Å². The highest BCUT2D eigenvalue weighted by molar-refractivity contribution is 6.23. The Labute approximate surface area is 149 Å². The minimum absolute atomic E-state index is 0.175. The Morgan fingerprint density at radius 1 is 1.08 bits per heavy atom. The number of likely N-dealkylation sites (N-methyl/N-ethyl adjacent to an activating group) is 3. The number of hydrogen-bond donors (Lipinski definition) is 0. The zero-order valence-corrected chi connectivity index (χ0v) is 15.7. The van der Waals surface area contributed by atoms with E-state index in [2.05, 4.69) is 28.3 Å². The summed E-state index contributed by atoms with van der Waals surface area (Å²) >= 11 is 0. The lowest BCUT2D eigenvalue weighted by Gasteiger charge is -2.31. The monoisotopic (exact) mass is 349 g/mol. The second kappa shape index (κ2) is 7.21. The maximum Gasteiger partial charge on any atom is 0.333 e. The molecular weight excluding hydrogens is 320 g/mol. The molecule has 8 nitrogen and oxygen atoms in total. The van der Waals surface area contributed by atoms with Gasteiger partial charge in [-0.1, -0.05) is 13.3 Å². The summed E-state index contributed by atoms with van der Waals surface area (Å²) in [6, 6.07) is -0.766. The molecule has 138 valence electrons. The van der Waals surface area contributed by atoms with Gasteiger partial charge in [-0.05, 0) is 18.5 Å². The first-order chi connectivity index (χ1) is 11.9. The largest absolute Gasteiger partial charge is 0.333 e. The van der Waals surface area contributed by atoms with Gasteiger partial charge in [0.05, 0.1) is 6.54 Å². The second-order valence-electron chi connectivity index (χ2n) is 7.15. The maximum atomic E-state index is 12.7. The van der Waals surface area contributed by atoms with Crippen molar-refractivity contribution in [2.75, 3.05) is 60.4 Å². The van der Waals surface area contributed by atoms with Crippen LogP contribution in [0.25, 0.3) is 0 Å². The van der Waals surface area contributed by atoms with Crippen LogP contribution < -0.4 is 0 Å². The predicted molar refractivity (Wildman–Crippen MR) is 96.1 cm³/mol. The van der Waals surface area contributed by atoms with E-state index in [1.807, 2.05) is 0 Å². The number of amidine groups is 2. The molecule has 25 heavy (non-hydrogen) atoms. The summed E-state index contributed by atoms with van der Waals surface area (Å²) in [5, 5.41) is 0. The van der Waals surface area contributed by atoms with Crippen LogP contribution in [-0.2, 0) is 4.79 Å². The van der Waals surface area contributed by atoms with Crippen LogP contribution in [0.4, 0.5) is 4.79 Å². The zero-order valence-electron chi connectivity index (χ0n) is 15.7. The minimum atomic E-state index is -0.457. The summed E-state index contributed by atoms with van der Waals surface area (Å²) < 4.78 is 2.11. The van der Waals surface area contributed by atoms with Crippen molar-refractivity contribution in [3.63, 3.8) is 0 Å². The van der Waals surface area contributed by atoms with E-state index in [-0.39, 0.29) is 11.9 Å². The highest BCUT2D eigenvalue weighted by Crippen LogP contribution is 2.20. The summed E-state index contributed by atoms with van der Waals surface area (Å²) in [5.74, 6) is 1.32. The second-order valence-corrected chi connectivity index (χ2v) is 7.15. The average Bonchev–Trinajstić information content (AvgIpc) is 2.96. The molecule has 0 aromatic carbocycles. The Hall–Kier alpha value is -1.80. The number of hydrogen-bond acceptors (Lipinski definition) is 5. The molecule has 0 bridgehead atoms. The Kier molecular flexibility index (Phi) is 5.19. The number of unbranched alkanes of at least 4 members (excludes halogenated alkanes) is 1. The van der Waals surface area contributed by atoms with E-state index < -0.39 is 6.04 Å². The first-order valence-corrected chi connectivity index (χ1v) is 9.11. The number of imide groups is 1. The molecule has 3 rings (SSSR count). The normalized spacial score (nSPS) is 25.8. The molecule has 0 aliphatic carbocycles. The fourth-order valence-corrected chi connectivity index (χ4v) is 3.57. The molecule has 0 aromatic rings. The summed E-state index contributed by atoms with van der Waals surface area (Å²) in [4.78, 5) is 37.1. The number of carbonyl (C=O) groups is 2. The number of nitrogens with zero attached hydrogens (tertiary/aromatic N) is 6. The number of rotatable bonds is 5. The van der Waals surface area contributed by atoms with Crippen molar-refractivity contribution in [1.82, 2.24) is 19.6 Å². The maximum absolute atomic E-state index is 12.7. The van der Waals surface area contributed by atoms with Crippen molar-refractivity contribution in [2.24, 2.45) is 4.99 Å². The van der Waals surface area contributed by atoms with Crippen molar-refractivity contribution >= 4 is 23.6 Å². The Bertz CT molecular complexity index is 621. The number of carbonyl (C=O) groups excluding carboxylic acids is 2.